The molecule has 0 aliphatic carbocycles. The number of benzene rings is 1. The first-order chi connectivity index (χ1) is 5.15. The summed E-state index contributed by atoms with van der Waals surface area (Å²) in [4.78, 5) is 0. The number of halogens is 2. The van der Waals surface area contributed by atoms with Gasteiger partial charge in [-0.1, -0.05) is 0 Å². The van der Waals surface area contributed by atoms with E-state index in [0.717, 1.165) is 6.07 Å². The molecule has 0 aromatic heterocycles. The molecular weight excluding hydrogens is 152 g/mol. The van der Waals surface area contributed by atoms with Gasteiger partial charge < -0.3 is 10.4 Å². The summed E-state index contributed by atoms with van der Waals surface area (Å²) in [7, 11) is 1.48. The van der Waals surface area contributed by atoms with Crippen LogP contribution in [0.15, 0.2) is 12.1 Å². The molecule has 11 heavy (non-hydrogen) atoms. The second-order valence-electron chi connectivity index (χ2n) is 2.03. The Balaban J connectivity index is 3.21. The van der Waals surface area contributed by atoms with Gasteiger partial charge in [0.15, 0.2) is 11.6 Å². The Bertz CT molecular complexity index is 275. The lowest BCUT2D eigenvalue weighted by atomic mass is 10.3. The fourth-order valence-corrected chi connectivity index (χ4v) is 0.729. The van der Waals surface area contributed by atoms with Crippen molar-refractivity contribution in [2.24, 2.45) is 0 Å². The van der Waals surface area contributed by atoms with Gasteiger partial charge in [0, 0.05) is 19.2 Å². The second kappa shape index (κ2) is 2.74. The van der Waals surface area contributed by atoms with Crippen molar-refractivity contribution in [3.63, 3.8) is 0 Å². The van der Waals surface area contributed by atoms with Crippen molar-refractivity contribution < 1.29 is 13.9 Å². The molecule has 1 aromatic carbocycles. The molecule has 4 heteroatoms. The highest BCUT2D eigenvalue weighted by Gasteiger charge is 2.06. The van der Waals surface area contributed by atoms with Crippen LogP contribution in [0.25, 0.3) is 0 Å². The van der Waals surface area contributed by atoms with Crippen molar-refractivity contribution in [3.8, 4) is 5.75 Å². The molecule has 0 unspecified atom stereocenters. The van der Waals surface area contributed by atoms with E-state index in [2.05, 4.69) is 5.32 Å². The lowest BCUT2D eigenvalue weighted by Gasteiger charge is -2.02. The molecule has 0 spiro atoms. The largest absolute Gasteiger partial charge is 0.505 e. The topological polar surface area (TPSA) is 32.3 Å². The Morgan fingerprint density at radius 1 is 1.27 bits per heavy atom. The SMILES string of the molecule is CNc1cc(O)c(F)cc1F. The summed E-state index contributed by atoms with van der Waals surface area (Å²) < 4.78 is 25.0. The molecule has 0 heterocycles. The van der Waals surface area contributed by atoms with Crippen LogP contribution >= 0.6 is 0 Å². The smallest absolute Gasteiger partial charge is 0.167 e. The normalized spacial score (nSPS) is 9.73. The first-order valence-electron chi connectivity index (χ1n) is 3.01. The zero-order valence-corrected chi connectivity index (χ0v) is 5.86. The molecule has 2 nitrogen and oxygen atoms in total. The quantitative estimate of drug-likeness (QED) is 0.653. The molecule has 0 saturated heterocycles. The number of hydrogen-bond donors (Lipinski definition) is 2. The molecule has 0 saturated carbocycles. The number of hydrogen-bond acceptors (Lipinski definition) is 2. The zero-order chi connectivity index (χ0) is 8.43. The molecule has 2 N–H and O–H groups in total. The van der Waals surface area contributed by atoms with Crippen LogP contribution in [0.4, 0.5) is 14.5 Å². The zero-order valence-electron chi connectivity index (χ0n) is 5.86. The maximum Gasteiger partial charge on any atom is 0.167 e. The lowest BCUT2D eigenvalue weighted by molar-refractivity contribution is 0.428. The standard InChI is InChI=1S/C7H7F2NO/c1-10-6-3-7(11)5(9)2-4(6)8/h2-3,10-11H,1H3. The van der Waals surface area contributed by atoms with Crippen LogP contribution in [-0.4, -0.2) is 12.2 Å². The number of phenols is 1. The third-order valence-corrected chi connectivity index (χ3v) is 1.31. The number of aromatic hydroxyl groups is 1. The van der Waals surface area contributed by atoms with Crippen LogP contribution in [0.5, 0.6) is 5.75 Å². The van der Waals surface area contributed by atoms with Gasteiger partial charge in [-0.25, -0.2) is 8.78 Å². The van der Waals surface area contributed by atoms with E-state index in [9.17, 15) is 8.78 Å². The molecule has 1 aromatic rings. The van der Waals surface area contributed by atoms with Gasteiger partial charge in [0.1, 0.15) is 5.82 Å². The Morgan fingerprint density at radius 2 is 1.91 bits per heavy atom. The summed E-state index contributed by atoms with van der Waals surface area (Å²) >= 11 is 0. The highest BCUT2D eigenvalue weighted by Crippen LogP contribution is 2.23. The summed E-state index contributed by atoms with van der Waals surface area (Å²) in [5.74, 6) is -2.24. The first kappa shape index (κ1) is 7.78. The predicted molar refractivity (Wildman–Crippen MR) is 37.6 cm³/mol. The third kappa shape index (κ3) is 1.39. The highest BCUT2D eigenvalue weighted by atomic mass is 19.1. The molecule has 0 radical (unpaired) electrons. The molecule has 0 fully saturated rings. The minimum absolute atomic E-state index is 0.0731. The van der Waals surface area contributed by atoms with Crippen molar-refractivity contribution in [1.29, 1.82) is 0 Å². The highest BCUT2D eigenvalue weighted by molar-refractivity contribution is 5.49. The van der Waals surface area contributed by atoms with Crippen LogP contribution in [0.1, 0.15) is 0 Å². The van der Waals surface area contributed by atoms with Crippen molar-refractivity contribution in [2.45, 2.75) is 0 Å². The van der Waals surface area contributed by atoms with E-state index in [1.54, 1.807) is 0 Å². The van der Waals surface area contributed by atoms with Crippen LogP contribution < -0.4 is 5.32 Å². The van der Waals surface area contributed by atoms with E-state index in [1.165, 1.54) is 7.05 Å². The van der Waals surface area contributed by atoms with Gasteiger partial charge in [-0.15, -0.1) is 0 Å². The van der Waals surface area contributed by atoms with Crippen molar-refractivity contribution in [1.82, 2.24) is 0 Å². The maximum atomic E-state index is 12.6. The van der Waals surface area contributed by atoms with E-state index >= 15 is 0 Å². The van der Waals surface area contributed by atoms with Crippen molar-refractivity contribution >= 4 is 5.69 Å². The molecule has 1 rings (SSSR count). The van der Waals surface area contributed by atoms with Gasteiger partial charge in [0.25, 0.3) is 0 Å². The number of rotatable bonds is 1. The van der Waals surface area contributed by atoms with Crippen LogP contribution in [0.3, 0.4) is 0 Å². The molecule has 0 bridgehead atoms. The Kier molecular flexibility index (Phi) is 1.94. The first-order valence-corrected chi connectivity index (χ1v) is 3.01. The van der Waals surface area contributed by atoms with E-state index < -0.39 is 17.4 Å². The summed E-state index contributed by atoms with van der Waals surface area (Å²) in [6.07, 6.45) is 0. The van der Waals surface area contributed by atoms with Crippen molar-refractivity contribution in [2.75, 3.05) is 12.4 Å². The minimum atomic E-state index is -0.957. The van der Waals surface area contributed by atoms with Crippen LogP contribution in [-0.2, 0) is 0 Å². The van der Waals surface area contributed by atoms with Gasteiger partial charge in [0.05, 0.1) is 5.69 Å². The number of anilines is 1. The van der Waals surface area contributed by atoms with Crippen LogP contribution in [0, 0.1) is 11.6 Å². The molecule has 60 valence electrons. The maximum absolute atomic E-state index is 12.6. The fraction of sp³-hybridized carbons (Fsp3) is 0.143. The van der Waals surface area contributed by atoms with Crippen LogP contribution in [0.2, 0.25) is 0 Å². The molecule has 0 aliphatic rings. The lowest BCUT2D eigenvalue weighted by Crippen LogP contribution is -1.93. The Labute approximate surface area is 62.5 Å². The van der Waals surface area contributed by atoms with E-state index in [1.807, 2.05) is 0 Å². The average Bonchev–Trinajstić information content (AvgIpc) is 1.97. The fourth-order valence-electron chi connectivity index (χ4n) is 0.729. The second-order valence-corrected chi connectivity index (χ2v) is 2.03. The summed E-state index contributed by atoms with van der Waals surface area (Å²) in [5, 5.41) is 11.2. The van der Waals surface area contributed by atoms with E-state index in [0.29, 0.717) is 6.07 Å². The number of nitrogens with one attached hydrogen (secondary N) is 1. The van der Waals surface area contributed by atoms with E-state index in [4.69, 9.17) is 5.11 Å². The summed E-state index contributed by atoms with van der Waals surface area (Å²) in [5.41, 5.74) is 0.0731. The molecule has 0 atom stereocenters. The summed E-state index contributed by atoms with van der Waals surface area (Å²) in [6.45, 7) is 0. The number of phenolic OH excluding ortho intramolecular Hbond substituents is 1. The Morgan fingerprint density at radius 3 is 2.45 bits per heavy atom. The molecule has 0 aliphatic heterocycles. The predicted octanol–water partition coefficient (Wildman–Crippen LogP) is 1.71. The molecule has 0 amide bonds. The average molecular weight is 159 g/mol. The monoisotopic (exact) mass is 159 g/mol. The minimum Gasteiger partial charge on any atom is -0.505 e. The molecular formula is C7H7F2NO. The Hall–Kier alpha value is -1.32. The van der Waals surface area contributed by atoms with Gasteiger partial charge in [0.2, 0.25) is 0 Å². The van der Waals surface area contributed by atoms with Gasteiger partial charge in [-0.05, 0) is 0 Å². The third-order valence-electron chi connectivity index (χ3n) is 1.31. The van der Waals surface area contributed by atoms with Gasteiger partial charge >= 0.3 is 0 Å². The van der Waals surface area contributed by atoms with Gasteiger partial charge in [-0.3, -0.25) is 0 Å². The van der Waals surface area contributed by atoms with E-state index in [-0.39, 0.29) is 5.69 Å². The summed E-state index contributed by atoms with van der Waals surface area (Å²) in [6, 6.07) is 1.62. The van der Waals surface area contributed by atoms with Gasteiger partial charge in [-0.2, -0.15) is 0 Å². The van der Waals surface area contributed by atoms with Crippen molar-refractivity contribution in [3.05, 3.63) is 23.8 Å².